The number of fused-ring (bicyclic) bond motifs is 1. The Morgan fingerprint density at radius 3 is 2.45 bits per heavy atom. The van der Waals surface area contributed by atoms with Crippen molar-refractivity contribution in [3.8, 4) is 11.5 Å². The Hall–Kier alpha value is -2.72. The van der Waals surface area contributed by atoms with Gasteiger partial charge in [-0.05, 0) is 18.2 Å². The molecule has 154 valence electrons. The number of ether oxygens (including phenoxy) is 2. The highest BCUT2D eigenvalue weighted by molar-refractivity contribution is 7.99. The number of benzene rings is 2. The van der Waals surface area contributed by atoms with Gasteiger partial charge in [0, 0.05) is 23.9 Å². The number of amides is 1. The van der Waals surface area contributed by atoms with Crippen LogP contribution in [0.25, 0.3) is 11.1 Å². The average Bonchev–Trinajstić information content (AvgIpc) is 3.14. The number of anilines is 1. The van der Waals surface area contributed by atoms with Crippen LogP contribution < -0.4 is 14.8 Å². The zero-order valence-electron chi connectivity index (χ0n) is 16.1. The molecule has 0 bridgehead atoms. The largest absolute Gasteiger partial charge is 0.497 e. The number of carbonyl (C=O) groups excluding carboxylic acids is 1. The van der Waals surface area contributed by atoms with E-state index in [1.54, 1.807) is 31.2 Å². The lowest BCUT2D eigenvalue weighted by Crippen LogP contribution is -2.14. The highest BCUT2D eigenvalue weighted by Gasteiger charge is 2.15. The van der Waals surface area contributed by atoms with Crippen molar-refractivity contribution in [2.24, 2.45) is 0 Å². The molecular formula is C19H20N2O6S2. The summed E-state index contributed by atoms with van der Waals surface area (Å²) in [6.07, 6.45) is 0. The van der Waals surface area contributed by atoms with Crippen molar-refractivity contribution in [3.05, 3.63) is 36.4 Å². The van der Waals surface area contributed by atoms with E-state index in [2.05, 4.69) is 10.3 Å². The van der Waals surface area contributed by atoms with Gasteiger partial charge >= 0.3 is 0 Å². The van der Waals surface area contributed by atoms with Crippen LogP contribution in [0.2, 0.25) is 0 Å². The van der Waals surface area contributed by atoms with Crippen LogP contribution in [0.3, 0.4) is 0 Å². The monoisotopic (exact) mass is 436 g/mol. The van der Waals surface area contributed by atoms with Crippen LogP contribution in [0.1, 0.15) is 6.92 Å². The lowest BCUT2D eigenvalue weighted by atomic mass is 10.2. The highest BCUT2D eigenvalue weighted by atomic mass is 32.2. The fourth-order valence-electron chi connectivity index (χ4n) is 2.51. The third-order valence-electron chi connectivity index (χ3n) is 4.04. The van der Waals surface area contributed by atoms with E-state index in [4.69, 9.17) is 13.9 Å². The third kappa shape index (κ3) is 5.01. The van der Waals surface area contributed by atoms with Crippen LogP contribution in [0, 0.1) is 0 Å². The number of aromatic nitrogens is 1. The van der Waals surface area contributed by atoms with Crippen LogP contribution in [0.5, 0.6) is 11.5 Å². The first-order valence-corrected chi connectivity index (χ1v) is 11.3. The van der Waals surface area contributed by atoms with Gasteiger partial charge in [0.25, 0.3) is 5.22 Å². The lowest BCUT2D eigenvalue weighted by molar-refractivity contribution is -0.113. The van der Waals surface area contributed by atoms with Gasteiger partial charge < -0.3 is 19.2 Å². The maximum Gasteiger partial charge on any atom is 0.257 e. The Balaban J connectivity index is 1.68. The van der Waals surface area contributed by atoms with Gasteiger partial charge in [-0.15, -0.1) is 0 Å². The van der Waals surface area contributed by atoms with Crippen molar-refractivity contribution in [2.75, 3.05) is 31.0 Å². The van der Waals surface area contributed by atoms with E-state index in [1.165, 1.54) is 26.4 Å². The molecule has 0 aliphatic heterocycles. The Morgan fingerprint density at radius 1 is 1.14 bits per heavy atom. The highest BCUT2D eigenvalue weighted by Crippen LogP contribution is 2.28. The molecule has 0 atom stereocenters. The number of nitrogens with zero attached hydrogens (tertiary/aromatic N) is 1. The molecule has 0 aliphatic rings. The van der Waals surface area contributed by atoms with E-state index >= 15 is 0 Å². The minimum Gasteiger partial charge on any atom is -0.497 e. The number of carbonyl (C=O) groups is 1. The van der Waals surface area contributed by atoms with Crippen LogP contribution in [0.15, 0.2) is 50.9 Å². The molecule has 29 heavy (non-hydrogen) atoms. The van der Waals surface area contributed by atoms with Crippen molar-refractivity contribution in [1.82, 2.24) is 4.98 Å². The van der Waals surface area contributed by atoms with Crippen molar-refractivity contribution in [1.29, 1.82) is 0 Å². The lowest BCUT2D eigenvalue weighted by Gasteiger charge is -2.09. The summed E-state index contributed by atoms with van der Waals surface area (Å²) in [5.41, 5.74) is 1.43. The van der Waals surface area contributed by atoms with E-state index in [9.17, 15) is 13.2 Å². The molecule has 0 saturated heterocycles. The first-order valence-electron chi connectivity index (χ1n) is 8.63. The van der Waals surface area contributed by atoms with Gasteiger partial charge in [0.1, 0.15) is 17.0 Å². The predicted molar refractivity (Wildman–Crippen MR) is 111 cm³/mol. The number of oxazole rings is 1. The number of hydrogen-bond acceptors (Lipinski definition) is 8. The number of rotatable bonds is 8. The fraction of sp³-hybridized carbons (Fsp3) is 0.263. The molecular weight excluding hydrogens is 416 g/mol. The molecule has 0 fully saturated rings. The van der Waals surface area contributed by atoms with Gasteiger partial charge in [0.15, 0.2) is 15.4 Å². The molecule has 1 amide bonds. The van der Waals surface area contributed by atoms with Gasteiger partial charge in [-0.2, -0.15) is 0 Å². The quantitative estimate of drug-likeness (QED) is 0.536. The topological polar surface area (TPSA) is 108 Å². The van der Waals surface area contributed by atoms with Crippen LogP contribution in [-0.4, -0.2) is 45.0 Å². The molecule has 3 rings (SSSR count). The molecule has 0 aliphatic carbocycles. The molecule has 1 aromatic heterocycles. The Labute approximate surface area is 172 Å². The predicted octanol–water partition coefficient (Wildman–Crippen LogP) is 3.37. The molecule has 1 heterocycles. The Kier molecular flexibility index (Phi) is 6.33. The molecule has 1 N–H and O–H groups in total. The molecule has 0 radical (unpaired) electrons. The van der Waals surface area contributed by atoms with Crippen LogP contribution in [-0.2, 0) is 14.6 Å². The smallest absolute Gasteiger partial charge is 0.257 e. The van der Waals surface area contributed by atoms with Crippen LogP contribution >= 0.6 is 11.8 Å². The van der Waals surface area contributed by atoms with Crippen LogP contribution in [0.4, 0.5) is 5.69 Å². The summed E-state index contributed by atoms with van der Waals surface area (Å²) in [6.45, 7) is 1.58. The Bertz CT molecular complexity index is 1120. The first kappa shape index (κ1) is 21.0. The minimum atomic E-state index is -3.33. The maximum absolute atomic E-state index is 12.3. The summed E-state index contributed by atoms with van der Waals surface area (Å²) in [4.78, 5) is 16.7. The molecule has 3 aromatic rings. The van der Waals surface area contributed by atoms with Crippen molar-refractivity contribution in [3.63, 3.8) is 0 Å². The second kappa shape index (κ2) is 8.75. The summed E-state index contributed by atoms with van der Waals surface area (Å²) in [6, 6.07) is 9.60. The standard InChI is InChI=1S/C19H20N2O6S2/c1-4-29(23,24)15-5-6-17-16(10-15)21-19(27-17)28-11-18(22)20-12-7-13(25-2)9-14(8-12)26-3/h5-10H,4,11H2,1-3H3,(H,20,22). The SMILES string of the molecule is CCS(=O)(=O)c1ccc2oc(SCC(=O)Nc3cc(OC)cc(OC)c3)nc2c1. The van der Waals surface area contributed by atoms with Gasteiger partial charge in [0.2, 0.25) is 5.91 Å². The number of sulfone groups is 1. The summed E-state index contributed by atoms with van der Waals surface area (Å²) in [5, 5.41) is 3.05. The first-order chi connectivity index (χ1) is 13.8. The molecule has 2 aromatic carbocycles. The summed E-state index contributed by atoms with van der Waals surface area (Å²) < 4.78 is 39.9. The second-order valence-corrected chi connectivity index (χ2v) is 9.16. The van der Waals surface area contributed by atoms with Crippen molar-refractivity contribution >= 4 is 44.3 Å². The minimum absolute atomic E-state index is 0.00714. The van der Waals surface area contributed by atoms with Gasteiger partial charge in [-0.25, -0.2) is 13.4 Å². The zero-order valence-corrected chi connectivity index (χ0v) is 17.7. The van der Waals surface area contributed by atoms with E-state index in [-0.39, 0.29) is 27.5 Å². The van der Waals surface area contributed by atoms with Crippen molar-refractivity contribution in [2.45, 2.75) is 17.0 Å². The van der Waals surface area contributed by atoms with E-state index in [0.29, 0.717) is 28.3 Å². The number of nitrogens with one attached hydrogen (secondary N) is 1. The van der Waals surface area contributed by atoms with Gasteiger partial charge in [-0.1, -0.05) is 18.7 Å². The third-order valence-corrected chi connectivity index (χ3v) is 6.60. The normalized spacial score (nSPS) is 11.4. The maximum atomic E-state index is 12.3. The number of methoxy groups -OCH3 is 2. The summed E-state index contributed by atoms with van der Waals surface area (Å²) in [5.74, 6) is 0.926. The molecule has 0 unspecified atom stereocenters. The Morgan fingerprint density at radius 2 is 1.83 bits per heavy atom. The zero-order chi connectivity index (χ0) is 21.0. The summed E-state index contributed by atoms with van der Waals surface area (Å²) >= 11 is 1.11. The number of hydrogen-bond donors (Lipinski definition) is 1. The van der Waals surface area contributed by atoms with Gasteiger partial charge in [0.05, 0.1) is 30.6 Å². The van der Waals surface area contributed by atoms with Gasteiger partial charge in [-0.3, -0.25) is 4.79 Å². The molecule has 8 nitrogen and oxygen atoms in total. The molecule has 10 heteroatoms. The van der Waals surface area contributed by atoms with E-state index in [0.717, 1.165) is 11.8 Å². The second-order valence-electron chi connectivity index (χ2n) is 5.95. The van der Waals surface area contributed by atoms with E-state index in [1.807, 2.05) is 0 Å². The van der Waals surface area contributed by atoms with E-state index < -0.39 is 9.84 Å². The fourth-order valence-corrected chi connectivity index (χ4v) is 4.05. The number of thioether (sulfide) groups is 1. The molecule has 0 saturated carbocycles. The molecule has 0 spiro atoms. The summed E-state index contributed by atoms with van der Waals surface area (Å²) in [7, 11) is -0.269. The van der Waals surface area contributed by atoms with Crippen molar-refractivity contribution < 1.29 is 27.1 Å². The average molecular weight is 437 g/mol.